The van der Waals surface area contributed by atoms with E-state index in [-0.39, 0.29) is 11.4 Å². The zero-order valence-electron chi connectivity index (χ0n) is 13.7. The summed E-state index contributed by atoms with van der Waals surface area (Å²) in [5.41, 5.74) is 3.22. The molecule has 0 aliphatic heterocycles. The Labute approximate surface area is 148 Å². The van der Waals surface area contributed by atoms with Gasteiger partial charge in [-0.1, -0.05) is 6.07 Å². The van der Waals surface area contributed by atoms with Crippen LogP contribution in [-0.2, 0) is 16.6 Å². The Morgan fingerprint density at radius 3 is 2.73 bits per heavy atom. The fourth-order valence-corrected chi connectivity index (χ4v) is 3.40. The van der Waals surface area contributed by atoms with Crippen molar-refractivity contribution in [2.75, 3.05) is 0 Å². The normalized spacial score (nSPS) is 12.1. The van der Waals surface area contributed by atoms with Gasteiger partial charge in [0.15, 0.2) is 5.65 Å². The van der Waals surface area contributed by atoms with E-state index in [9.17, 15) is 12.8 Å². The lowest BCUT2D eigenvalue weighted by atomic mass is 10.2. The number of sulfonamides is 1. The molecule has 0 unspecified atom stereocenters. The summed E-state index contributed by atoms with van der Waals surface area (Å²) >= 11 is 0. The van der Waals surface area contributed by atoms with Crippen LogP contribution in [0.2, 0.25) is 0 Å². The average molecular weight is 371 g/mol. The van der Waals surface area contributed by atoms with Crippen LogP contribution < -0.4 is 5.14 Å². The van der Waals surface area contributed by atoms with Gasteiger partial charge in [0.05, 0.1) is 29.5 Å². The highest BCUT2D eigenvalue weighted by molar-refractivity contribution is 7.89. The molecule has 4 aromatic rings. The number of fused-ring (bicyclic) bond motifs is 3. The number of rotatable bonds is 3. The third kappa shape index (κ3) is 2.80. The smallest absolute Gasteiger partial charge is 0.238 e. The second-order valence-corrected chi connectivity index (χ2v) is 7.55. The lowest BCUT2D eigenvalue weighted by Crippen LogP contribution is -2.13. The third-order valence-corrected chi connectivity index (χ3v) is 5.05. The molecule has 0 bridgehead atoms. The number of hydrogen-bond acceptors (Lipinski definition) is 5. The summed E-state index contributed by atoms with van der Waals surface area (Å²) in [7, 11) is -3.95. The molecule has 0 saturated heterocycles. The van der Waals surface area contributed by atoms with Crippen LogP contribution in [0.25, 0.3) is 22.1 Å². The van der Waals surface area contributed by atoms with Gasteiger partial charge in [0.1, 0.15) is 11.3 Å². The van der Waals surface area contributed by atoms with Crippen molar-refractivity contribution in [3.05, 3.63) is 59.9 Å². The van der Waals surface area contributed by atoms with Gasteiger partial charge in [0.2, 0.25) is 10.0 Å². The molecular formula is C17H14FN5O2S. The SMILES string of the molecule is Cc1ccc2c(ncc3ncn(Cc4ccc(S(N)(=O)=O)cc4F)c32)n1. The van der Waals surface area contributed by atoms with Crippen molar-refractivity contribution in [1.29, 1.82) is 0 Å². The summed E-state index contributed by atoms with van der Waals surface area (Å²) in [6.45, 7) is 2.06. The molecule has 0 amide bonds. The molecule has 0 spiro atoms. The second-order valence-electron chi connectivity index (χ2n) is 5.99. The van der Waals surface area contributed by atoms with Gasteiger partial charge in [0.25, 0.3) is 0 Å². The van der Waals surface area contributed by atoms with E-state index in [0.29, 0.717) is 16.7 Å². The van der Waals surface area contributed by atoms with Crippen molar-refractivity contribution in [2.45, 2.75) is 18.4 Å². The highest BCUT2D eigenvalue weighted by Crippen LogP contribution is 2.24. The predicted octanol–water partition coefficient (Wildman–Crippen LogP) is 2.12. The number of benzene rings is 1. The largest absolute Gasteiger partial charge is 0.325 e. The van der Waals surface area contributed by atoms with E-state index in [1.807, 2.05) is 19.1 Å². The Morgan fingerprint density at radius 2 is 2.00 bits per heavy atom. The zero-order valence-corrected chi connectivity index (χ0v) is 14.5. The minimum Gasteiger partial charge on any atom is -0.325 e. The summed E-state index contributed by atoms with van der Waals surface area (Å²) < 4.78 is 38.8. The van der Waals surface area contributed by atoms with Crippen LogP contribution in [-0.4, -0.2) is 27.9 Å². The van der Waals surface area contributed by atoms with Crippen LogP contribution in [0.4, 0.5) is 4.39 Å². The Morgan fingerprint density at radius 1 is 1.19 bits per heavy atom. The topological polar surface area (TPSA) is 104 Å². The molecule has 1 aromatic carbocycles. The number of primary sulfonamides is 1. The summed E-state index contributed by atoms with van der Waals surface area (Å²) in [5.74, 6) is -0.647. The predicted molar refractivity (Wildman–Crippen MR) is 94.4 cm³/mol. The molecule has 7 nitrogen and oxygen atoms in total. The molecule has 4 rings (SSSR count). The third-order valence-electron chi connectivity index (χ3n) is 4.14. The van der Waals surface area contributed by atoms with Crippen molar-refractivity contribution < 1.29 is 12.8 Å². The number of imidazole rings is 1. The fraction of sp³-hybridized carbons (Fsp3) is 0.118. The lowest BCUT2D eigenvalue weighted by molar-refractivity contribution is 0.584. The van der Waals surface area contributed by atoms with Crippen LogP contribution in [0, 0.1) is 12.7 Å². The summed E-state index contributed by atoms with van der Waals surface area (Å²) in [4.78, 5) is 12.8. The second kappa shape index (κ2) is 5.82. The van der Waals surface area contributed by atoms with Crippen LogP contribution >= 0.6 is 0 Å². The van der Waals surface area contributed by atoms with Gasteiger partial charge >= 0.3 is 0 Å². The Hall–Kier alpha value is -2.91. The quantitative estimate of drug-likeness (QED) is 0.594. The van der Waals surface area contributed by atoms with E-state index in [0.717, 1.165) is 22.7 Å². The molecule has 132 valence electrons. The van der Waals surface area contributed by atoms with Gasteiger partial charge in [-0.2, -0.15) is 0 Å². The molecule has 3 heterocycles. The molecule has 0 saturated carbocycles. The molecule has 2 N–H and O–H groups in total. The highest BCUT2D eigenvalue weighted by Gasteiger charge is 2.14. The van der Waals surface area contributed by atoms with Crippen LogP contribution in [0.5, 0.6) is 0 Å². The Balaban J connectivity index is 1.83. The van der Waals surface area contributed by atoms with Crippen molar-refractivity contribution in [1.82, 2.24) is 19.5 Å². The first kappa shape index (κ1) is 16.6. The summed E-state index contributed by atoms with van der Waals surface area (Å²) in [6, 6.07) is 7.41. The molecule has 26 heavy (non-hydrogen) atoms. The maximum atomic E-state index is 14.4. The van der Waals surface area contributed by atoms with Crippen LogP contribution in [0.1, 0.15) is 11.3 Å². The molecule has 0 aliphatic rings. The van der Waals surface area contributed by atoms with E-state index in [2.05, 4.69) is 15.0 Å². The van der Waals surface area contributed by atoms with Crippen molar-refractivity contribution in [2.24, 2.45) is 5.14 Å². The monoisotopic (exact) mass is 371 g/mol. The van der Waals surface area contributed by atoms with E-state index in [4.69, 9.17) is 5.14 Å². The maximum Gasteiger partial charge on any atom is 0.238 e. The fourth-order valence-electron chi connectivity index (χ4n) is 2.87. The van der Waals surface area contributed by atoms with E-state index in [1.54, 1.807) is 17.1 Å². The Kier molecular flexibility index (Phi) is 3.70. The maximum absolute atomic E-state index is 14.4. The van der Waals surface area contributed by atoms with E-state index < -0.39 is 15.8 Å². The van der Waals surface area contributed by atoms with Gasteiger partial charge in [0, 0.05) is 16.6 Å². The van der Waals surface area contributed by atoms with Gasteiger partial charge < -0.3 is 4.57 Å². The Bertz CT molecular complexity index is 1270. The first-order valence-electron chi connectivity index (χ1n) is 7.71. The minimum absolute atomic E-state index is 0.181. The van der Waals surface area contributed by atoms with Gasteiger partial charge in [-0.15, -0.1) is 0 Å². The van der Waals surface area contributed by atoms with Crippen molar-refractivity contribution in [3.8, 4) is 0 Å². The number of nitrogens with zero attached hydrogens (tertiary/aromatic N) is 4. The summed E-state index contributed by atoms with van der Waals surface area (Å²) in [5, 5.41) is 5.85. The lowest BCUT2D eigenvalue weighted by Gasteiger charge is -2.09. The molecule has 0 aliphatic carbocycles. The number of hydrogen-bond donors (Lipinski definition) is 1. The van der Waals surface area contributed by atoms with Crippen LogP contribution in [0.3, 0.4) is 0 Å². The number of nitrogens with two attached hydrogens (primary N) is 1. The van der Waals surface area contributed by atoms with E-state index >= 15 is 0 Å². The van der Waals surface area contributed by atoms with Crippen molar-refractivity contribution >= 4 is 32.1 Å². The first-order valence-corrected chi connectivity index (χ1v) is 9.26. The number of aromatic nitrogens is 4. The molecular weight excluding hydrogens is 357 g/mol. The summed E-state index contributed by atoms with van der Waals surface area (Å²) in [6.07, 6.45) is 3.22. The highest BCUT2D eigenvalue weighted by atomic mass is 32.2. The minimum atomic E-state index is -3.95. The molecule has 0 radical (unpaired) electrons. The molecule has 0 atom stereocenters. The standard InChI is InChI=1S/C17H14FN5O2S/c1-10-2-5-13-16-15(7-20-17(13)22-10)21-9-23(16)8-11-3-4-12(6-14(11)18)26(19,24)25/h2-7,9H,8H2,1H3,(H2,19,24,25). The van der Waals surface area contributed by atoms with Gasteiger partial charge in [-0.05, 0) is 31.2 Å². The average Bonchev–Trinajstić information content (AvgIpc) is 2.98. The number of aryl methyl sites for hydroxylation is 1. The first-order chi connectivity index (χ1) is 12.3. The molecule has 3 aromatic heterocycles. The number of halogens is 1. The van der Waals surface area contributed by atoms with Gasteiger partial charge in [-0.25, -0.2) is 32.9 Å². The van der Waals surface area contributed by atoms with Crippen molar-refractivity contribution in [3.63, 3.8) is 0 Å². The molecule has 0 fully saturated rings. The number of pyridine rings is 2. The molecule has 9 heteroatoms. The van der Waals surface area contributed by atoms with E-state index in [1.165, 1.54) is 12.1 Å². The zero-order chi connectivity index (χ0) is 18.5. The van der Waals surface area contributed by atoms with Gasteiger partial charge in [-0.3, -0.25) is 0 Å². The van der Waals surface area contributed by atoms with Crippen LogP contribution in [0.15, 0.2) is 47.8 Å².